The van der Waals surface area contributed by atoms with Crippen molar-refractivity contribution in [1.29, 1.82) is 0 Å². The minimum absolute atomic E-state index is 0.238. The van der Waals surface area contributed by atoms with Crippen LogP contribution in [0.5, 0.6) is 0 Å². The molecule has 0 atom stereocenters. The van der Waals surface area contributed by atoms with Crippen molar-refractivity contribution in [2.75, 3.05) is 23.3 Å². The number of nitrogens with two attached hydrogens (primary N) is 1. The maximum atomic E-state index is 11.8. The highest BCUT2D eigenvalue weighted by molar-refractivity contribution is 6.02. The number of rotatable bonds is 8. The molecule has 5 aromatic rings. The molecule has 1 amide bonds. The van der Waals surface area contributed by atoms with E-state index in [2.05, 4.69) is 48.8 Å². The molecule has 0 unspecified atom stereocenters. The Morgan fingerprint density at radius 1 is 1.12 bits per heavy atom. The van der Waals surface area contributed by atoms with Crippen molar-refractivity contribution in [3.8, 4) is 11.3 Å². The lowest BCUT2D eigenvalue weighted by molar-refractivity contribution is -0.111. The van der Waals surface area contributed by atoms with Crippen LogP contribution in [0.15, 0.2) is 73.6 Å². The first-order chi connectivity index (χ1) is 20.4. The molecule has 2 aromatic carbocycles. The summed E-state index contributed by atoms with van der Waals surface area (Å²) in [5.74, 6) is 1.71. The molecule has 0 saturated carbocycles. The molecular formula is C33H36N8O. The molecule has 9 heteroatoms. The lowest BCUT2D eigenvalue weighted by Gasteiger charge is -2.30. The number of hydrogen-bond acceptors (Lipinski definition) is 7. The van der Waals surface area contributed by atoms with Crippen molar-refractivity contribution in [2.45, 2.75) is 51.5 Å². The number of amides is 1. The predicted molar refractivity (Wildman–Crippen MR) is 168 cm³/mol. The molecule has 214 valence electrons. The van der Waals surface area contributed by atoms with E-state index in [1.807, 2.05) is 47.2 Å². The van der Waals surface area contributed by atoms with Crippen molar-refractivity contribution in [1.82, 2.24) is 24.6 Å². The molecule has 42 heavy (non-hydrogen) atoms. The molecule has 0 radical (unpaired) electrons. The average molecular weight is 561 g/mol. The summed E-state index contributed by atoms with van der Waals surface area (Å²) in [7, 11) is 0. The highest BCUT2D eigenvalue weighted by Gasteiger charge is 2.22. The van der Waals surface area contributed by atoms with E-state index in [4.69, 9.17) is 25.8 Å². The standard InChI is InChI=1S/C33H36N8O/c1-4-30(42)37-25-10-11-27-23(19-25)13-16-35-31(27)26-8-6-5-7-22(26)9-12-29-38-33(40-17-14-24(34)15-18-40)39-32-28(21(2)3)20-36-41(29)32/h4-8,10-11,13,16,19-21,24H,1,9,12,14-15,17-18,34H2,2-3H3,(H,37,42). The maximum absolute atomic E-state index is 11.8. The second-order valence-corrected chi connectivity index (χ2v) is 11.2. The van der Waals surface area contributed by atoms with E-state index < -0.39 is 0 Å². The third kappa shape index (κ3) is 5.47. The molecule has 1 aliphatic rings. The van der Waals surface area contributed by atoms with Crippen LogP contribution in [0, 0.1) is 0 Å². The normalized spacial score (nSPS) is 14.1. The Bertz CT molecular complexity index is 1770. The van der Waals surface area contributed by atoms with Gasteiger partial charge in [-0.1, -0.05) is 50.8 Å². The third-order valence-electron chi connectivity index (χ3n) is 8.00. The molecule has 9 nitrogen and oxygen atoms in total. The monoisotopic (exact) mass is 560 g/mol. The van der Waals surface area contributed by atoms with E-state index >= 15 is 0 Å². The van der Waals surface area contributed by atoms with Crippen LogP contribution in [-0.2, 0) is 17.6 Å². The summed E-state index contributed by atoms with van der Waals surface area (Å²) < 4.78 is 1.91. The van der Waals surface area contributed by atoms with Crippen LogP contribution in [0.25, 0.3) is 27.7 Å². The number of carbonyl (C=O) groups is 1. The van der Waals surface area contributed by atoms with Gasteiger partial charge in [-0.2, -0.15) is 15.1 Å². The number of benzene rings is 2. The summed E-state index contributed by atoms with van der Waals surface area (Å²) in [6.45, 7) is 9.59. The number of aromatic nitrogens is 5. The van der Waals surface area contributed by atoms with Gasteiger partial charge in [-0.15, -0.1) is 0 Å². The van der Waals surface area contributed by atoms with E-state index in [0.717, 1.165) is 83.1 Å². The Hall–Kier alpha value is -4.63. The quantitative estimate of drug-likeness (QED) is 0.248. The number of pyridine rings is 1. The first-order valence-electron chi connectivity index (χ1n) is 14.6. The fourth-order valence-corrected chi connectivity index (χ4v) is 5.63. The number of aryl methyl sites for hydroxylation is 2. The molecular weight excluding hydrogens is 524 g/mol. The van der Waals surface area contributed by atoms with Gasteiger partial charge in [-0.3, -0.25) is 9.78 Å². The largest absolute Gasteiger partial charge is 0.341 e. The Morgan fingerprint density at radius 3 is 2.71 bits per heavy atom. The fourth-order valence-electron chi connectivity index (χ4n) is 5.63. The van der Waals surface area contributed by atoms with Gasteiger partial charge in [0.1, 0.15) is 5.82 Å². The molecule has 1 aliphatic heterocycles. The summed E-state index contributed by atoms with van der Waals surface area (Å²) in [5.41, 5.74) is 12.1. The second-order valence-electron chi connectivity index (χ2n) is 11.2. The molecule has 4 heterocycles. The van der Waals surface area contributed by atoms with Crippen LogP contribution >= 0.6 is 0 Å². The number of nitrogens with zero attached hydrogens (tertiary/aromatic N) is 6. The van der Waals surface area contributed by atoms with Gasteiger partial charge >= 0.3 is 0 Å². The highest BCUT2D eigenvalue weighted by Crippen LogP contribution is 2.32. The van der Waals surface area contributed by atoms with Gasteiger partial charge in [-0.05, 0) is 60.4 Å². The summed E-state index contributed by atoms with van der Waals surface area (Å²) in [6.07, 6.45) is 8.33. The Morgan fingerprint density at radius 2 is 1.93 bits per heavy atom. The van der Waals surface area contributed by atoms with Gasteiger partial charge in [0.15, 0.2) is 5.65 Å². The van der Waals surface area contributed by atoms with Crippen molar-refractivity contribution in [2.24, 2.45) is 5.73 Å². The van der Waals surface area contributed by atoms with Gasteiger partial charge in [0.05, 0.1) is 11.9 Å². The van der Waals surface area contributed by atoms with Crippen molar-refractivity contribution in [3.05, 3.63) is 90.5 Å². The van der Waals surface area contributed by atoms with E-state index in [-0.39, 0.29) is 11.9 Å². The zero-order valence-corrected chi connectivity index (χ0v) is 24.1. The molecule has 0 aliphatic carbocycles. The zero-order valence-electron chi connectivity index (χ0n) is 24.1. The van der Waals surface area contributed by atoms with Gasteiger partial charge in [-0.25, -0.2) is 4.52 Å². The number of carbonyl (C=O) groups excluding carboxylic acids is 1. The maximum Gasteiger partial charge on any atom is 0.247 e. The van der Waals surface area contributed by atoms with Crippen LogP contribution < -0.4 is 16.0 Å². The van der Waals surface area contributed by atoms with E-state index in [9.17, 15) is 4.79 Å². The Kier molecular flexibility index (Phi) is 7.67. The summed E-state index contributed by atoms with van der Waals surface area (Å²) in [4.78, 5) is 28.9. The number of nitrogens with one attached hydrogen (secondary N) is 1. The number of piperidine rings is 1. The highest BCUT2D eigenvalue weighted by atomic mass is 16.1. The van der Waals surface area contributed by atoms with Crippen LogP contribution in [0.4, 0.5) is 11.6 Å². The smallest absolute Gasteiger partial charge is 0.247 e. The SMILES string of the molecule is C=CC(=O)Nc1ccc2c(-c3ccccc3CCc3nc(N4CCC(N)CC4)nc4c(C(C)C)cnn34)nccc2c1. The second kappa shape index (κ2) is 11.7. The van der Waals surface area contributed by atoms with Crippen molar-refractivity contribution in [3.63, 3.8) is 0 Å². The molecule has 1 fully saturated rings. The van der Waals surface area contributed by atoms with E-state index in [1.54, 1.807) is 0 Å². The molecule has 6 rings (SSSR count). The van der Waals surface area contributed by atoms with Crippen LogP contribution in [0.2, 0.25) is 0 Å². The van der Waals surface area contributed by atoms with E-state index in [1.165, 1.54) is 11.6 Å². The molecule has 1 saturated heterocycles. The van der Waals surface area contributed by atoms with Gasteiger partial charge in [0.25, 0.3) is 0 Å². The van der Waals surface area contributed by atoms with Gasteiger partial charge < -0.3 is 16.0 Å². The van der Waals surface area contributed by atoms with Crippen LogP contribution in [0.3, 0.4) is 0 Å². The number of fused-ring (bicyclic) bond motifs is 2. The van der Waals surface area contributed by atoms with Crippen molar-refractivity contribution >= 4 is 34.0 Å². The molecule has 3 aromatic heterocycles. The molecule has 0 spiro atoms. The topological polar surface area (TPSA) is 114 Å². The van der Waals surface area contributed by atoms with E-state index in [0.29, 0.717) is 12.3 Å². The lowest BCUT2D eigenvalue weighted by atomic mass is 9.96. The predicted octanol–water partition coefficient (Wildman–Crippen LogP) is 5.30. The fraction of sp³-hybridized carbons (Fsp3) is 0.303. The first kappa shape index (κ1) is 27.5. The summed E-state index contributed by atoms with van der Waals surface area (Å²) in [6, 6.07) is 16.4. The Labute approximate surface area is 245 Å². The average Bonchev–Trinajstić information content (AvgIpc) is 3.44. The zero-order chi connectivity index (χ0) is 29.2. The van der Waals surface area contributed by atoms with Crippen LogP contribution in [-0.4, -0.2) is 49.6 Å². The molecule has 3 N–H and O–H groups in total. The lowest BCUT2D eigenvalue weighted by Crippen LogP contribution is -2.40. The minimum Gasteiger partial charge on any atom is -0.341 e. The van der Waals surface area contributed by atoms with Gasteiger partial charge in [0.2, 0.25) is 11.9 Å². The minimum atomic E-state index is -0.238. The number of anilines is 2. The van der Waals surface area contributed by atoms with Gasteiger partial charge in [0, 0.05) is 53.9 Å². The third-order valence-corrected chi connectivity index (χ3v) is 8.00. The molecule has 0 bridgehead atoms. The number of hydrogen-bond donors (Lipinski definition) is 2. The first-order valence-corrected chi connectivity index (χ1v) is 14.6. The summed E-state index contributed by atoms with van der Waals surface area (Å²) in [5, 5.41) is 9.57. The summed E-state index contributed by atoms with van der Waals surface area (Å²) >= 11 is 0. The van der Waals surface area contributed by atoms with Crippen molar-refractivity contribution < 1.29 is 4.79 Å². The van der Waals surface area contributed by atoms with Crippen LogP contribution in [0.1, 0.15) is 49.6 Å². The Balaban J connectivity index is 1.34.